The van der Waals surface area contributed by atoms with Gasteiger partial charge in [-0.3, -0.25) is 4.79 Å². The molecule has 2 aliphatic heterocycles. The predicted molar refractivity (Wildman–Crippen MR) is 119 cm³/mol. The van der Waals surface area contributed by atoms with E-state index in [-0.39, 0.29) is 11.8 Å². The molecule has 1 saturated heterocycles. The average molecular weight is 405 g/mol. The first-order chi connectivity index (χ1) is 14.7. The van der Waals surface area contributed by atoms with E-state index in [1.165, 1.54) is 0 Å². The molecule has 6 heteroatoms. The lowest BCUT2D eigenvalue weighted by Crippen LogP contribution is -2.35. The fraction of sp³-hybridized carbons (Fsp3) is 0.417. The summed E-state index contributed by atoms with van der Waals surface area (Å²) in [6, 6.07) is 13.8. The fourth-order valence-electron chi connectivity index (χ4n) is 4.21. The maximum atomic E-state index is 12.5. The van der Waals surface area contributed by atoms with Crippen LogP contribution < -0.4 is 10.1 Å². The maximum Gasteiger partial charge on any atom is 0.227 e. The summed E-state index contributed by atoms with van der Waals surface area (Å²) in [7, 11) is 2.17. The number of aliphatic imine (C=N–C) groups is 1. The monoisotopic (exact) mass is 404 g/mol. The van der Waals surface area contributed by atoms with E-state index in [1.54, 1.807) is 0 Å². The minimum atomic E-state index is 0.119. The zero-order chi connectivity index (χ0) is 20.5. The molecule has 0 atom stereocenters. The Balaban J connectivity index is 1.53. The molecule has 1 N–H and O–H groups in total. The van der Waals surface area contributed by atoms with Crippen molar-refractivity contribution in [3.63, 3.8) is 0 Å². The topological polar surface area (TPSA) is 57.2 Å². The molecule has 5 rings (SSSR count). The second-order valence-corrected chi connectivity index (χ2v) is 8.48. The van der Waals surface area contributed by atoms with Gasteiger partial charge in [0.1, 0.15) is 17.3 Å². The molecule has 0 spiro atoms. The minimum absolute atomic E-state index is 0.119. The van der Waals surface area contributed by atoms with Gasteiger partial charge in [0.05, 0.1) is 5.56 Å². The van der Waals surface area contributed by atoms with Crippen LogP contribution in [0.15, 0.2) is 47.5 Å². The third kappa shape index (κ3) is 3.79. The van der Waals surface area contributed by atoms with Crippen molar-refractivity contribution in [3.8, 4) is 11.5 Å². The highest BCUT2D eigenvalue weighted by atomic mass is 16.5. The van der Waals surface area contributed by atoms with E-state index in [0.717, 1.165) is 86.1 Å². The van der Waals surface area contributed by atoms with Crippen LogP contribution in [-0.2, 0) is 4.79 Å². The number of amides is 1. The third-order valence-corrected chi connectivity index (χ3v) is 6.29. The van der Waals surface area contributed by atoms with E-state index >= 15 is 0 Å². The smallest absolute Gasteiger partial charge is 0.227 e. The van der Waals surface area contributed by atoms with Crippen LogP contribution in [0.4, 0.5) is 11.4 Å². The zero-order valence-corrected chi connectivity index (χ0v) is 17.4. The van der Waals surface area contributed by atoms with E-state index in [0.29, 0.717) is 0 Å². The van der Waals surface area contributed by atoms with Crippen LogP contribution in [-0.4, -0.2) is 54.8 Å². The largest absolute Gasteiger partial charge is 0.454 e. The first-order valence-corrected chi connectivity index (χ1v) is 10.9. The van der Waals surface area contributed by atoms with Crippen LogP contribution in [0.3, 0.4) is 0 Å². The Hall–Kier alpha value is -2.86. The quantitative estimate of drug-likeness (QED) is 0.813. The first kappa shape index (κ1) is 19.1. The molecular formula is C24H28N4O2. The van der Waals surface area contributed by atoms with Crippen molar-refractivity contribution in [2.24, 2.45) is 10.9 Å². The number of hydrogen-bond acceptors (Lipinski definition) is 5. The molecule has 2 aromatic carbocycles. The Labute approximate surface area is 177 Å². The summed E-state index contributed by atoms with van der Waals surface area (Å²) in [5.41, 5.74) is 2.57. The van der Waals surface area contributed by atoms with Crippen LogP contribution in [0.1, 0.15) is 31.2 Å². The molecule has 0 aromatic heterocycles. The van der Waals surface area contributed by atoms with Gasteiger partial charge in [-0.05, 0) is 63.2 Å². The summed E-state index contributed by atoms with van der Waals surface area (Å²) in [5, 5.41) is 3.10. The van der Waals surface area contributed by atoms with E-state index in [4.69, 9.17) is 9.73 Å². The molecule has 1 aliphatic carbocycles. The summed E-state index contributed by atoms with van der Waals surface area (Å²) in [4.78, 5) is 22.2. The van der Waals surface area contributed by atoms with Crippen molar-refractivity contribution in [2.75, 3.05) is 38.5 Å². The maximum absolute atomic E-state index is 12.5. The Morgan fingerprint density at radius 1 is 1.03 bits per heavy atom. The van der Waals surface area contributed by atoms with Crippen molar-refractivity contribution in [1.82, 2.24) is 9.80 Å². The molecule has 3 aliphatic rings. The van der Waals surface area contributed by atoms with Gasteiger partial charge in [-0.2, -0.15) is 0 Å². The van der Waals surface area contributed by atoms with Crippen molar-refractivity contribution >= 4 is 23.1 Å². The normalized spacial score (nSPS) is 19.4. The van der Waals surface area contributed by atoms with Crippen LogP contribution in [0.5, 0.6) is 11.5 Å². The highest BCUT2D eigenvalue weighted by Gasteiger charge is 2.27. The number of benzene rings is 2. The summed E-state index contributed by atoms with van der Waals surface area (Å²) < 4.78 is 6.25. The number of anilines is 1. The van der Waals surface area contributed by atoms with Crippen LogP contribution in [0.2, 0.25) is 0 Å². The standard InChI is InChI=1S/C24H28N4O2/c1-27-12-5-13-28(15-14-27)23-19-16-18(25-24(29)17-6-4-7-17)10-11-21(19)30-22-9-3-2-8-20(22)26-23/h2-3,8-11,16-17H,4-7,12-15H2,1H3,(H,25,29). The number of carbonyl (C=O) groups is 1. The number of hydrogen-bond donors (Lipinski definition) is 1. The molecule has 0 unspecified atom stereocenters. The SMILES string of the molecule is CN1CCCN(C2=Nc3ccccc3Oc3ccc(NC(=O)C4CCC4)cc32)CC1. The summed E-state index contributed by atoms with van der Waals surface area (Å²) in [6.45, 7) is 3.94. The summed E-state index contributed by atoms with van der Waals surface area (Å²) in [6.07, 6.45) is 4.21. The number of likely N-dealkylation sites (N-methyl/N-ethyl adjacent to an activating group) is 1. The van der Waals surface area contributed by atoms with E-state index < -0.39 is 0 Å². The number of carbonyl (C=O) groups excluding carboxylic acids is 1. The van der Waals surface area contributed by atoms with Crippen LogP contribution in [0.25, 0.3) is 0 Å². The molecule has 2 heterocycles. The Bertz CT molecular complexity index is 983. The Kier molecular flexibility index (Phi) is 5.17. The van der Waals surface area contributed by atoms with Gasteiger partial charge in [-0.15, -0.1) is 0 Å². The molecule has 0 bridgehead atoms. The molecule has 2 fully saturated rings. The number of para-hydroxylation sites is 2. The van der Waals surface area contributed by atoms with Gasteiger partial charge in [0.25, 0.3) is 0 Å². The highest BCUT2D eigenvalue weighted by Crippen LogP contribution is 2.39. The van der Waals surface area contributed by atoms with Gasteiger partial charge >= 0.3 is 0 Å². The number of nitrogens with one attached hydrogen (secondary N) is 1. The lowest BCUT2D eigenvalue weighted by Gasteiger charge is -2.26. The number of ether oxygens (including phenoxy) is 1. The Morgan fingerprint density at radius 2 is 1.90 bits per heavy atom. The molecule has 156 valence electrons. The van der Waals surface area contributed by atoms with Gasteiger partial charge in [0.2, 0.25) is 5.91 Å². The molecule has 2 aromatic rings. The fourth-order valence-corrected chi connectivity index (χ4v) is 4.21. The molecule has 1 saturated carbocycles. The van der Waals surface area contributed by atoms with E-state index in [9.17, 15) is 4.79 Å². The zero-order valence-electron chi connectivity index (χ0n) is 17.4. The van der Waals surface area contributed by atoms with Crippen molar-refractivity contribution in [2.45, 2.75) is 25.7 Å². The second-order valence-electron chi connectivity index (χ2n) is 8.48. The van der Waals surface area contributed by atoms with Gasteiger partial charge in [0.15, 0.2) is 5.75 Å². The number of rotatable bonds is 2. The van der Waals surface area contributed by atoms with Gasteiger partial charge in [-0.25, -0.2) is 4.99 Å². The van der Waals surface area contributed by atoms with E-state index in [1.807, 2.05) is 42.5 Å². The lowest BCUT2D eigenvalue weighted by molar-refractivity contribution is -0.122. The average Bonchev–Trinajstić information content (AvgIpc) is 3.00. The predicted octanol–water partition coefficient (Wildman–Crippen LogP) is 4.25. The first-order valence-electron chi connectivity index (χ1n) is 10.9. The van der Waals surface area contributed by atoms with Gasteiger partial charge < -0.3 is 19.9 Å². The molecule has 30 heavy (non-hydrogen) atoms. The van der Waals surface area contributed by atoms with Crippen molar-refractivity contribution in [3.05, 3.63) is 48.0 Å². The van der Waals surface area contributed by atoms with Crippen LogP contribution >= 0.6 is 0 Å². The number of nitrogens with zero attached hydrogens (tertiary/aromatic N) is 3. The summed E-state index contributed by atoms with van der Waals surface area (Å²) >= 11 is 0. The van der Waals surface area contributed by atoms with E-state index in [2.05, 4.69) is 22.2 Å². The Morgan fingerprint density at radius 3 is 2.73 bits per heavy atom. The van der Waals surface area contributed by atoms with Crippen LogP contribution in [0, 0.1) is 5.92 Å². The third-order valence-electron chi connectivity index (χ3n) is 6.29. The van der Waals surface area contributed by atoms with Gasteiger partial charge in [-0.1, -0.05) is 18.6 Å². The minimum Gasteiger partial charge on any atom is -0.454 e. The highest BCUT2D eigenvalue weighted by molar-refractivity contribution is 6.05. The second kappa shape index (κ2) is 8.11. The van der Waals surface area contributed by atoms with Crippen molar-refractivity contribution < 1.29 is 9.53 Å². The van der Waals surface area contributed by atoms with Crippen molar-refractivity contribution in [1.29, 1.82) is 0 Å². The molecule has 0 radical (unpaired) electrons. The molecule has 6 nitrogen and oxygen atoms in total. The number of fused-ring (bicyclic) bond motifs is 2. The van der Waals surface area contributed by atoms with Gasteiger partial charge in [0, 0.05) is 31.2 Å². The molecule has 1 amide bonds. The molecular weight excluding hydrogens is 376 g/mol. The lowest BCUT2D eigenvalue weighted by atomic mass is 9.85. The summed E-state index contributed by atoms with van der Waals surface area (Å²) in [5.74, 6) is 2.72. The number of amidine groups is 1.